The van der Waals surface area contributed by atoms with Gasteiger partial charge in [-0.15, -0.1) is 11.6 Å². The first-order chi connectivity index (χ1) is 8.59. The molecule has 18 heavy (non-hydrogen) atoms. The van der Waals surface area contributed by atoms with E-state index in [0.717, 1.165) is 11.3 Å². The molecule has 2 unspecified atom stereocenters. The van der Waals surface area contributed by atoms with Gasteiger partial charge >= 0.3 is 0 Å². The van der Waals surface area contributed by atoms with Crippen LogP contribution in [0.3, 0.4) is 0 Å². The lowest BCUT2D eigenvalue weighted by Crippen LogP contribution is -2.04. The van der Waals surface area contributed by atoms with Crippen LogP contribution in [0.15, 0.2) is 47.1 Å². The van der Waals surface area contributed by atoms with Crippen molar-refractivity contribution in [1.82, 2.24) is 4.98 Å². The zero-order valence-corrected chi connectivity index (χ0v) is 12.1. The summed E-state index contributed by atoms with van der Waals surface area (Å²) in [5.41, 5.74) is 1.81. The molecule has 0 fully saturated rings. The van der Waals surface area contributed by atoms with E-state index in [0.29, 0.717) is 4.47 Å². The average Bonchev–Trinajstić information content (AvgIpc) is 2.41. The number of alkyl halides is 1. The van der Waals surface area contributed by atoms with E-state index in [9.17, 15) is 4.39 Å². The summed E-state index contributed by atoms with van der Waals surface area (Å²) >= 11 is 9.60. The normalized spacial score (nSPS) is 14.2. The minimum absolute atomic E-state index is 0.0604. The molecule has 2 rings (SSSR count). The summed E-state index contributed by atoms with van der Waals surface area (Å²) in [4.78, 5) is 4.29. The molecule has 0 amide bonds. The average molecular weight is 329 g/mol. The van der Waals surface area contributed by atoms with Crippen molar-refractivity contribution in [2.24, 2.45) is 0 Å². The Morgan fingerprint density at radius 2 is 2.06 bits per heavy atom. The van der Waals surface area contributed by atoms with Crippen LogP contribution in [0.4, 0.5) is 4.39 Å². The van der Waals surface area contributed by atoms with Crippen LogP contribution in [0.2, 0.25) is 0 Å². The van der Waals surface area contributed by atoms with Crippen molar-refractivity contribution in [3.05, 3.63) is 64.1 Å². The van der Waals surface area contributed by atoms with Crippen LogP contribution in [0, 0.1) is 5.82 Å². The number of aromatic nitrogens is 1. The number of hydrogen-bond donors (Lipinski definition) is 0. The Morgan fingerprint density at radius 1 is 1.28 bits per heavy atom. The Morgan fingerprint density at radius 3 is 2.67 bits per heavy atom. The van der Waals surface area contributed by atoms with Gasteiger partial charge in [0.05, 0.1) is 9.85 Å². The SMILES string of the molecule is CC(c1ccccn1)C(Cl)c1ccc(F)c(Br)c1. The molecule has 0 aliphatic heterocycles. The van der Waals surface area contributed by atoms with Gasteiger partial charge in [-0.1, -0.05) is 19.1 Å². The molecular weight excluding hydrogens is 317 g/mol. The third-order valence-electron chi connectivity index (χ3n) is 2.86. The van der Waals surface area contributed by atoms with E-state index in [1.165, 1.54) is 6.07 Å². The van der Waals surface area contributed by atoms with Crippen molar-refractivity contribution in [2.45, 2.75) is 18.2 Å². The molecule has 0 aliphatic carbocycles. The van der Waals surface area contributed by atoms with Crippen LogP contribution in [-0.2, 0) is 0 Å². The predicted molar refractivity (Wildman–Crippen MR) is 75.3 cm³/mol. The zero-order valence-electron chi connectivity index (χ0n) is 9.78. The quantitative estimate of drug-likeness (QED) is 0.717. The predicted octanol–water partition coefficient (Wildman–Crippen LogP) is 5.07. The van der Waals surface area contributed by atoms with E-state index in [-0.39, 0.29) is 17.1 Å². The standard InChI is InChI=1S/C14H12BrClFN/c1-9(13-4-2-3-7-18-13)14(16)10-5-6-12(17)11(15)8-10/h2-9,14H,1H3. The molecule has 0 spiro atoms. The molecular formula is C14H12BrClFN. The fourth-order valence-corrected chi connectivity index (χ4v) is 2.43. The fraction of sp³-hybridized carbons (Fsp3) is 0.214. The maximum Gasteiger partial charge on any atom is 0.137 e. The first-order valence-corrected chi connectivity index (χ1v) is 6.82. The molecule has 0 radical (unpaired) electrons. The van der Waals surface area contributed by atoms with Crippen LogP contribution in [0.25, 0.3) is 0 Å². The van der Waals surface area contributed by atoms with Gasteiger partial charge in [0.2, 0.25) is 0 Å². The topological polar surface area (TPSA) is 12.9 Å². The summed E-state index contributed by atoms with van der Waals surface area (Å²) in [5, 5.41) is -0.239. The molecule has 0 aliphatic rings. The smallest absolute Gasteiger partial charge is 0.137 e. The summed E-state index contributed by atoms with van der Waals surface area (Å²) < 4.78 is 13.6. The van der Waals surface area contributed by atoms with Crippen molar-refractivity contribution in [3.63, 3.8) is 0 Å². The lowest BCUT2D eigenvalue weighted by Gasteiger charge is -2.18. The molecule has 2 atom stereocenters. The lowest BCUT2D eigenvalue weighted by atomic mass is 9.97. The number of pyridine rings is 1. The Hall–Kier alpha value is -0.930. The number of halogens is 3. The largest absolute Gasteiger partial charge is 0.261 e. The maximum atomic E-state index is 13.2. The van der Waals surface area contributed by atoms with Crippen LogP contribution < -0.4 is 0 Å². The van der Waals surface area contributed by atoms with E-state index < -0.39 is 0 Å². The van der Waals surface area contributed by atoms with Gasteiger partial charge in [-0.2, -0.15) is 0 Å². The molecule has 0 saturated carbocycles. The lowest BCUT2D eigenvalue weighted by molar-refractivity contribution is 0.618. The number of benzene rings is 1. The van der Waals surface area contributed by atoms with Gasteiger partial charge in [0, 0.05) is 17.8 Å². The second-order valence-corrected chi connectivity index (χ2v) is 5.44. The van der Waals surface area contributed by atoms with Gasteiger partial charge in [0.15, 0.2) is 0 Å². The molecule has 94 valence electrons. The van der Waals surface area contributed by atoms with Crippen LogP contribution >= 0.6 is 27.5 Å². The van der Waals surface area contributed by atoms with E-state index in [4.69, 9.17) is 11.6 Å². The van der Waals surface area contributed by atoms with Crippen LogP contribution in [-0.4, -0.2) is 4.98 Å². The van der Waals surface area contributed by atoms with Gasteiger partial charge < -0.3 is 0 Å². The molecule has 0 bridgehead atoms. The number of nitrogens with zero attached hydrogens (tertiary/aromatic N) is 1. The van der Waals surface area contributed by atoms with Crippen molar-refractivity contribution >= 4 is 27.5 Å². The molecule has 2 aromatic rings. The second-order valence-electron chi connectivity index (χ2n) is 4.12. The van der Waals surface area contributed by atoms with Crippen molar-refractivity contribution in [3.8, 4) is 0 Å². The minimum Gasteiger partial charge on any atom is -0.261 e. The van der Waals surface area contributed by atoms with E-state index in [1.54, 1.807) is 18.3 Å². The zero-order chi connectivity index (χ0) is 13.1. The molecule has 1 aromatic carbocycles. The third-order valence-corrected chi connectivity index (χ3v) is 4.09. The van der Waals surface area contributed by atoms with E-state index >= 15 is 0 Å². The molecule has 4 heteroatoms. The Bertz CT molecular complexity index is 533. The summed E-state index contributed by atoms with van der Waals surface area (Å²) in [6.07, 6.45) is 1.75. The maximum absolute atomic E-state index is 13.2. The third kappa shape index (κ3) is 2.90. The molecule has 0 N–H and O–H groups in total. The summed E-state index contributed by atoms with van der Waals surface area (Å²) in [7, 11) is 0. The van der Waals surface area contributed by atoms with Crippen molar-refractivity contribution in [1.29, 1.82) is 0 Å². The molecule has 1 heterocycles. The minimum atomic E-state index is -0.284. The Labute approximate surface area is 119 Å². The summed E-state index contributed by atoms with van der Waals surface area (Å²) in [6.45, 7) is 2.01. The Balaban J connectivity index is 2.25. The number of rotatable bonds is 3. The molecule has 1 nitrogen and oxygen atoms in total. The van der Waals surface area contributed by atoms with Crippen LogP contribution in [0.1, 0.15) is 29.5 Å². The first-order valence-electron chi connectivity index (χ1n) is 5.59. The summed E-state index contributed by atoms with van der Waals surface area (Å²) in [5.74, 6) is -0.224. The van der Waals surface area contributed by atoms with Gasteiger partial charge in [0.1, 0.15) is 5.82 Å². The highest BCUT2D eigenvalue weighted by atomic mass is 79.9. The molecule has 0 saturated heterocycles. The molecule has 1 aromatic heterocycles. The highest BCUT2D eigenvalue weighted by molar-refractivity contribution is 9.10. The monoisotopic (exact) mass is 327 g/mol. The van der Waals surface area contributed by atoms with Crippen molar-refractivity contribution in [2.75, 3.05) is 0 Å². The van der Waals surface area contributed by atoms with Crippen molar-refractivity contribution < 1.29 is 4.39 Å². The van der Waals surface area contributed by atoms with Crippen LogP contribution in [0.5, 0.6) is 0 Å². The number of hydrogen-bond acceptors (Lipinski definition) is 1. The van der Waals surface area contributed by atoms with Gasteiger partial charge in [-0.25, -0.2) is 4.39 Å². The second kappa shape index (κ2) is 5.81. The van der Waals surface area contributed by atoms with Gasteiger partial charge in [-0.3, -0.25) is 4.98 Å². The highest BCUT2D eigenvalue weighted by Gasteiger charge is 2.20. The summed E-state index contributed by atoms with van der Waals surface area (Å²) in [6, 6.07) is 10.6. The van der Waals surface area contributed by atoms with E-state index in [1.807, 2.05) is 25.1 Å². The fourth-order valence-electron chi connectivity index (χ4n) is 1.77. The first kappa shape index (κ1) is 13.5. The van der Waals surface area contributed by atoms with Gasteiger partial charge in [0.25, 0.3) is 0 Å². The van der Waals surface area contributed by atoms with E-state index in [2.05, 4.69) is 20.9 Å². The Kier molecular flexibility index (Phi) is 4.36. The van der Waals surface area contributed by atoms with Gasteiger partial charge in [-0.05, 0) is 45.8 Å². The highest BCUT2D eigenvalue weighted by Crippen LogP contribution is 2.36.